The zero-order valence-corrected chi connectivity index (χ0v) is 18.6. The summed E-state index contributed by atoms with van der Waals surface area (Å²) in [7, 11) is -1.15. The second-order valence-electron chi connectivity index (χ2n) is 8.38. The van der Waals surface area contributed by atoms with E-state index in [-0.39, 0.29) is 6.04 Å². The molecular formula is C24H29N3O2S. The van der Waals surface area contributed by atoms with Crippen LogP contribution < -0.4 is 5.32 Å². The van der Waals surface area contributed by atoms with Gasteiger partial charge in [0.05, 0.1) is 16.3 Å². The van der Waals surface area contributed by atoms with Crippen LogP contribution in [0.5, 0.6) is 0 Å². The minimum absolute atomic E-state index is 0.171. The zero-order chi connectivity index (χ0) is 21.3. The number of aryl methyl sites for hydroxylation is 1. The van der Waals surface area contributed by atoms with Crippen molar-refractivity contribution in [3.05, 3.63) is 71.9 Å². The van der Waals surface area contributed by atoms with Gasteiger partial charge in [-0.05, 0) is 61.4 Å². The first-order valence-electron chi connectivity index (χ1n) is 10.5. The topological polar surface area (TPSA) is 64.0 Å². The number of hydrogen-bond acceptors (Lipinski definition) is 4. The maximum absolute atomic E-state index is 11.7. The normalized spacial score (nSPS) is 20.4. The fraction of sp³-hybridized carbons (Fsp3) is 0.375. The minimum Gasteiger partial charge on any atom is -0.306 e. The summed E-state index contributed by atoms with van der Waals surface area (Å²) in [6.45, 7) is 2.17. The molecule has 0 bridgehead atoms. The zero-order valence-electron chi connectivity index (χ0n) is 17.7. The number of aromatic nitrogens is 2. The van der Waals surface area contributed by atoms with Crippen molar-refractivity contribution in [3.63, 3.8) is 0 Å². The Hall–Kier alpha value is -2.44. The highest BCUT2D eigenvalue weighted by molar-refractivity contribution is 7.90. The van der Waals surface area contributed by atoms with Crippen LogP contribution >= 0.6 is 0 Å². The molecule has 1 aromatic heterocycles. The molecule has 1 aliphatic rings. The van der Waals surface area contributed by atoms with Gasteiger partial charge >= 0.3 is 0 Å². The van der Waals surface area contributed by atoms with Gasteiger partial charge in [-0.3, -0.25) is 4.68 Å². The van der Waals surface area contributed by atoms with Gasteiger partial charge in [0.15, 0.2) is 9.84 Å². The van der Waals surface area contributed by atoms with Gasteiger partial charge in [0.1, 0.15) is 0 Å². The Morgan fingerprint density at radius 3 is 2.43 bits per heavy atom. The molecule has 1 saturated carbocycles. The van der Waals surface area contributed by atoms with Crippen LogP contribution in [0.15, 0.2) is 65.6 Å². The summed E-state index contributed by atoms with van der Waals surface area (Å²) in [4.78, 5) is 0.386. The Morgan fingerprint density at radius 2 is 1.77 bits per heavy atom. The standard InChI is InChI=1S/C24H29N3O2S/c1-17(23-16-24(27(2)26-23)19-7-5-4-6-8-19)25-21-12-9-20(15-21)18-10-13-22(14-11-18)30(3,28)29/h4-8,10-11,13-14,16-17,20-21,25H,9,12,15H2,1-3H3/t17-,20+,21?/m1/s1. The summed E-state index contributed by atoms with van der Waals surface area (Å²) in [6.07, 6.45) is 4.53. The van der Waals surface area contributed by atoms with Crippen molar-refractivity contribution < 1.29 is 8.42 Å². The van der Waals surface area contributed by atoms with Crippen LogP contribution in [0.1, 0.15) is 49.4 Å². The van der Waals surface area contributed by atoms with Crippen LogP contribution in [-0.2, 0) is 16.9 Å². The molecule has 3 aromatic rings. The largest absolute Gasteiger partial charge is 0.306 e. The van der Waals surface area contributed by atoms with E-state index in [1.54, 1.807) is 12.1 Å². The summed E-state index contributed by atoms with van der Waals surface area (Å²) >= 11 is 0. The van der Waals surface area contributed by atoms with Gasteiger partial charge in [-0.1, -0.05) is 42.5 Å². The first-order valence-corrected chi connectivity index (χ1v) is 12.4. The molecule has 2 aromatic carbocycles. The Labute approximate surface area is 179 Å². The molecule has 0 spiro atoms. The summed E-state index contributed by atoms with van der Waals surface area (Å²) in [5.74, 6) is 0.465. The Morgan fingerprint density at radius 1 is 1.07 bits per heavy atom. The van der Waals surface area contributed by atoms with E-state index in [2.05, 4.69) is 30.4 Å². The molecule has 0 aliphatic heterocycles. The molecule has 1 unspecified atom stereocenters. The quantitative estimate of drug-likeness (QED) is 0.635. The SMILES string of the molecule is C[C@@H](NC1CC[C@H](c2ccc(S(C)(=O)=O)cc2)C1)c1cc(-c2ccccc2)n(C)n1. The maximum Gasteiger partial charge on any atom is 0.175 e. The lowest BCUT2D eigenvalue weighted by Crippen LogP contribution is -2.29. The third-order valence-corrected chi connectivity index (χ3v) is 7.24. The van der Waals surface area contributed by atoms with Crippen molar-refractivity contribution in [2.24, 2.45) is 7.05 Å². The third kappa shape index (κ3) is 4.50. The van der Waals surface area contributed by atoms with Crippen molar-refractivity contribution in [1.82, 2.24) is 15.1 Å². The van der Waals surface area contributed by atoms with E-state index in [1.165, 1.54) is 17.4 Å². The molecule has 0 amide bonds. The van der Waals surface area contributed by atoms with Crippen molar-refractivity contribution in [1.29, 1.82) is 0 Å². The van der Waals surface area contributed by atoms with Gasteiger partial charge in [0, 0.05) is 25.4 Å². The van der Waals surface area contributed by atoms with Crippen LogP contribution in [-0.4, -0.2) is 30.5 Å². The highest BCUT2D eigenvalue weighted by atomic mass is 32.2. The van der Waals surface area contributed by atoms with Crippen LogP contribution in [0.2, 0.25) is 0 Å². The van der Waals surface area contributed by atoms with Crippen molar-refractivity contribution in [2.75, 3.05) is 6.26 Å². The van der Waals surface area contributed by atoms with E-state index in [1.807, 2.05) is 42.1 Å². The van der Waals surface area contributed by atoms with Gasteiger partial charge in [0.25, 0.3) is 0 Å². The molecule has 1 N–H and O–H groups in total. The van der Waals surface area contributed by atoms with E-state index in [0.717, 1.165) is 30.7 Å². The lowest BCUT2D eigenvalue weighted by atomic mass is 9.97. The molecule has 158 valence electrons. The predicted molar refractivity (Wildman–Crippen MR) is 120 cm³/mol. The third-order valence-electron chi connectivity index (χ3n) is 6.11. The van der Waals surface area contributed by atoms with E-state index in [9.17, 15) is 8.42 Å². The van der Waals surface area contributed by atoms with Crippen molar-refractivity contribution in [3.8, 4) is 11.3 Å². The van der Waals surface area contributed by atoms with Crippen LogP contribution in [0.25, 0.3) is 11.3 Å². The fourth-order valence-electron chi connectivity index (χ4n) is 4.44. The summed E-state index contributed by atoms with van der Waals surface area (Å²) < 4.78 is 25.3. The molecular weight excluding hydrogens is 394 g/mol. The molecule has 5 nitrogen and oxygen atoms in total. The summed E-state index contributed by atoms with van der Waals surface area (Å²) in [5, 5.41) is 8.49. The number of benzene rings is 2. The van der Waals surface area contributed by atoms with Crippen LogP contribution in [0.4, 0.5) is 0 Å². The first kappa shape index (κ1) is 20.8. The Bertz CT molecular complexity index is 1110. The molecule has 1 heterocycles. The summed E-state index contributed by atoms with van der Waals surface area (Å²) in [5.41, 5.74) is 4.57. The van der Waals surface area contributed by atoms with Crippen LogP contribution in [0.3, 0.4) is 0 Å². The van der Waals surface area contributed by atoms with Crippen molar-refractivity contribution >= 4 is 9.84 Å². The number of nitrogens with zero attached hydrogens (tertiary/aromatic N) is 2. The molecule has 1 aliphatic carbocycles. The van der Waals surface area contributed by atoms with Gasteiger partial charge in [-0.15, -0.1) is 0 Å². The number of nitrogens with one attached hydrogen (secondary N) is 1. The molecule has 4 rings (SSSR count). The van der Waals surface area contributed by atoms with E-state index in [4.69, 9.17) is 5.10 Å². The second-order valence-corrected chi connectivity index (χ2v) is 10.4. The van der Waals surface area contributed by atoms with Gasteiger partial charge < -0.3 is 5.32 Å². The molecule has 1 fully saturated rings. The summed E-state index contributed by atoms with van der Waals surface area (Å²) in [6, 6.07) is 20.5. The molecule has 30 heavy (non-hydrogen) atoms. The average Bonchev–Trinajstić information content (AvgIpc) is 3.35. The lowest BCUT2D eigenvalue weighted by molar-refractivity contribution is 0.448. The van der Waals surface area contributed by atoms with E-state index in [0.29, 0.717) is 16.9 Å². The Kier molecular flexibility index (Phi) is 5.80. The highest BCUT2D eigenvalue weighted by Crippen LogP contribution is 2.36. The minimum atomic E-state index is -3.14. The number of rotatable bonds is 6. The monoisotopic (exact) mass is 423 g/mol. The molecule has 6 heteroatoms. The molecule has 3 atom stereocenters. The van der Waals surface area contributed by atoms with E-state index < -0.39 is 9.84 Å². The smallest absolute Gasteiger partial charge is 0.175 e. The van der Waals surface area contributed by atoms with Gasteiger partial charge in [0.2, 0.25) is 0 Å². The predicted octanol–water partition coefficient (Wildman–Crippen LogP) is 4.48. The van der Waals surface area contributed by atoms with Gasteiger partial charge in [-0.2, -0.15) is 5.10 Å². The number of sulfone groups is 1. The maximum atomic E-state index is 11.7. The average molecular weight is 424 g/mol. The fourth-order valence-corrected chi connectivity index (χ4v) is 5.07. The van der Waals surface area contributed by atoms with Gasteiger partial charge in [-0.25, -0.2) is 8.42 Å². The first-order chi connectivity index (χ1) is 14.3. The van der Waals surface area contributed by atoms with E-state index >= 15 is 0 Å². The highest BCUT2D eigenvalue weighted by Gasteiger charge is 2.28. The molecule has 0 saturated heterocycles. The van der Waals surface area contributed by atoms with Crippen LogP contribution in [0, 0.1) is 0 Å². The number of hydrogen-bond donors (Lipinski definition) is 1. The Balaban J connectivity index is 1.40. The van der Waals surface area contributed by atoms with Crippen molar-refractivity contribution in [2.45, 2.75) is 49.1 Å². The lowest BCUT2D eigenvalue weighted by Gasteiger charge is -2.18. The molecule has 0 radical (unpaired) electrons. The second kappa shape index (κ2) is 8.36.